The number of aliphatic imine (C=N–C) groups is 1. The van der Waals surface area contributed by atoms with E-state index in [0.717, 1.165) is 0 Å². The van der Waals surface area contributed by atoms with Gasteiger partial charge in [0.05, 0.1) is 0 Å². The third kappa shape index (κ3) is 6.53. The Morgan fingerprint density at radius 2 is 2.04 bits per heavy atom. The molecule has 1 aromatic heterocycles. The predicted molar refractivity (Wildman–Crippen MR) is 111 cm³/mol. The van der Waals surface area contributed by atoms with Gasteiger partial charge in [-0.3, -0.25) is 9.98 Å². The molecule has 0 atom stereocenters. The zero-order valence-electron chi connectivity index (χ0n) is 15.7. The summed E-state index contributed by atoms with van der Waals surface area (Å²) in [4.78, 5) is 9.37. The molecule has 0 aliphatic carbocycles. The Labute approximate surface area is 165 Å². The molecule has 27 heavy (non-hydrogen) atoms. The van der Waals surface area contributed by atoms with Crippen LogP contribution in [0.4, 0.5) is 0 Å². The Balaban J connectivity index is 1.81. The number of pyridine rings is 1. The molecule has 0 saturated carbocycles. The van der Waals surface area contributed by atoms with Crippen molar-refractivity contribution in [2.75, 3.05) is 26.4 Å². The van der Waals surface area contributed by atoms with E-state index < -0.39 is 10.0 Å². The maximum Gasteiger partial charge on any atom is 0.242 e. The van der Waals surface area contributed by atoms with Gasteiger partial charge in [0, 0.05) is 44.0 Å². The van der Waals surface area contributed by atoms with Crippen LogP contribution in [0.2, 0.25) is 0 Å². The number of hydrogen-bond donors (Lipinski definition) is 3. The number of aromatic nitrogens is 1. The number of guanidine groups is 1. The minimum Gasteiger partial charge on any atom is -0.355 e. The third-order valence-corrected chi connectivity index (χ3v) is 6.03. The molecular weight excluding hydrogens is 382 g/mol. The first-order valence-electron chi connectivity index (χ1n) is 8.44. The van der Waals surface area contributed by atoms with Crippen molar-refractivity contribution in [1.82, 2.24) is 20.3 Å². The number of benzene rings is 1. The van der Waals surface area contributed by atoms with Crippen LogP contribution in [-0.4, -0.2) is 45.8 Å². The van der Waals surface area contributed by atoms with Crippen molar-refractivity contribution in [1.29, 1.82) is 0 Å². The van der Waals surface area contributed by atoms with Gasteiger partial charge in [-0.05, 0) is 42.5 Å². The number of aryl methyl sites for hydroxylation is 1. The van der Waals surface area contributed by atoms with E-state index in [9.17, 15) is 8.42 Å². The van der Waals surface area contributed by atoms with Gasteiger partial charge in [0.1, 0.15) is 4.90 Å². The quantitative estimate of drug-likeness (QED) is 0.267. The second kappa shape index (κ2) is 10.3. The summed E-state index contributed by atoms with van der Waals surface area (Å²) in [6.07, 6.45) is 4.91. The SMILES string of the molecule is CN=C(NCCNS(=O)(=O)c1cccnc1)NCc1ccc(C)cc1SC. The van der Waals surface area contributed by atoms with E-state index in [4.69, 9.17) is 0 Å². The highest BCUT2D eigenvalue weighted by Gasteiger charge is 2.12. The van der Waals surface area contributed by atoms with Crippen LogP contribution in [0.1, 0.15) is 11.1 Å². The normalized spacial score (nSPS) is 12.0. The van der Waals surface area contributed by atoms with E-state index in [-0.39, 0.29) is 11.4 Å². The number of sulfonamides is 1. The molecule has 1 heterocycles. The molecule has 2 aromatic rings. The van der Waals surface area contributed by atoms with Crippen LogP contribution in [0.5, 0.6) is 0 Å². The molecule has 0 saturated heterocycles. The average Bonchev–Trinajstić information content (AvgIpc) is 2.68. The standard InChI is InChI=1S/C18H25N5O2S2/c1-14-6-7-15(17(11-14)26-3)12-22-18(19-2)21-9-10-23-27(24,25)16-5-4-8-20-13-16/h4-8,11,13,23H,9-10,12H2,1-3H3,(H2,19,21,22). The van der Waals surface area contributed by atoms with Gasteiger partial charge < -0.3 is 10.6 Å². The lowest BCUT2D eigenvalue weighted by Crippen LogP contribution is -2.41. The summed E-state index contributed by atoms with van der Waals surface area (Å²) in [5, 5.41) is 6.35. The first-order chi connectivity index (χ1) is 13.0. The van der Waals surface area contributed by atoms with Crippen LogP contribution in [0.3, 0.4) is 0 Å². The number of thioether (sulfide) groups is 1. The molecule has 0 amide bonds. The molecule has 0 spiro atoms. The summed E-state index contributed by atoms with van der Waals surface area (Å²) >= 11 is 1.71. The highest BCUT2D eigenvalue weighted by molar-refractivity contribution is 7.98. The Morgan fingerprint density at radius 3 is 2.70 bits per heavy atom. The Bertz CT molecular complexity index is 871. The van der Waals surface area contributed by atoms with Crippen molar-refractivity contribution in [3.05, 3.63) is 53.9 Å². The molecule has 0 aliphatic rings. The molecule has 0 fully saturated rings. The topological polar surface area (TPSA) is 95.5 Å². The highest BCUT2D eigenvalue weighted by atomic mass is 32.2. The van der Waals surface area contributed by atoms with Crippen LogP contribution in [0.15, 0.2) is 57.5 Å². The zero-order valence-corrected chi connectivity index (χ0v) is 17.3. The van der Waals surface area contributed by atoms with Crippen molar-refractivity contribution in [2.45, 2.75) is 23.3 Å². The summed E-state index contributed by atoms with van der Waals surface area (Å²) < 4.78 is 26.8. The molecule has 146 valence electrons. The van der Waals surface area contributed by atoms with Gasteiger partial charge in [0.2, 0.25) is 10.0 Å². The fraction of sp³-hybridized carbons (Fsp3) is 0.333. The van der Waals surface area contributed by atoms with E-state index in [1.165, 1.54) is 34.5 Å². The lowest BCUT2D eigenvalue weighted by atomic mass is 10.1. The highest BCUT2D eigenvalue weighted by Crippen LogP contribution is 2.21. The molecule has 7 nitrogen and oxygen atoms in total. The molecule has 1 aromatic carbocycles. The molecule has 2 rings (SSSR count). The third-order valence-electron chi connectivity index (χ3n) is 3.77. The minimum absolute atomic E-state index is 0.150. The van der Waals surface area contributed by atoms with Crippen LogP contribution < -0.4 is 15.4 Å². The molecule has 0 radical (unpaired) electrons. The molecular formula is C18H25N5O2S2. The summed E-state index contributed by atoms with van der Waals surface area (Å²) in [7, 11) is -1.87. The second-order valence-electron chi connectivity index (χ2n) is 5.75. The van der Waals surface area contributed by atoms with Gasteiger partial charge >= 0.3 is 0 Å². The summed E-state index contributed by atoms with van der Waals surface area (Å²) in [5.74, 6) is 0.614. The van der Waals surface area contributed by atoms with E-state index in [2.05, 4.69) is 56.7 Å². The van der Waals surface area contributed by atoms with Crippen molar-refractivity contribution >= 4 is 27.7 Å². The van der Waals surface area contributed by atoms with Crippen molar-refractivity contribution in [2.24, 2.45) is 4.99 Å². The van der Waals surface area contributed by atoms with Crippen LogP contribution >= 0.6 is 11.8 Å². The minimum atomic E-state index is -3.55. The predicted octanol–water partition coefficient (Wildman–Crippen LogP) is 1.76. The molecule has 3 N–H and O–H groups in total. The fourth-order valence-corrected chi connectivity index (χ4v) is 4.05. The van der Waals surface area contributed by atoms with Crippen LogP contribution in [0.25, 0.3) is 0 Å². The Kier molecular flexibility index (Phi) is 8.08. The smallest absolute Gasteiger partial charge is 0.242 e. The van der Waals surface area contributed by atoms with E-state index in [1.807, 2.05) is 0 Å². The fourth-order valence-electron chi connectivity index (χ4n) is 2.35. The number of nitrogens with zero attached hydrogens (tertiary/aromatic N) is 2. The Morgan fingerprint density at radius 1 is 1.22 bits per heavy atom. The monoisotopic (exact) mass is 407 g/mol. The molecule has 0 bridgehead atoms. The lowest BCUT2D eigenvalue weighted by Gasteiger charge is -2.14. The van der Waals surface area contributed by atoms with E-state index in [1.54, 1.807) is 24.9 Å². The maximum absolute atomic E-state index is 12.1. The largest absolute Gasteiger partial charge is 0.355 e. The van der Waals surface area contributed by atoms with Crippen molar-refractivity contribution < 1.29 is 8.42 Å². The van der Waals surface area contributed by atoms with E-state index >= 15 is 0 Å². The molecule has 9 heteroatoms. The average molecular weight is 408 g/mol. The van der Waals surface area contributed by atoms with Gasteiger partial charge in [0.15, 0.2) is 5.96 Å². The second-order valence-corrected chi connectivity index (χ2v) is 8.37. The van der Waals surface area contributed by atoms with Gasteiger partial charge in [0.25, 0.3) is 0 Å². The van der Waals surface area contributed by atoms with Crippen molar-refractivity contribution in [3.8, 4) is 0 Å². The molecule has 0 aliphatic heterocycles. The summed E-state index contributed by atoms with van der Waals surface area (Å²) in [6, 6.07) is 9.44. The lowest BCUT2D eigenvalue weighted by molar-refractivity contribution is 0.580. The van der Waals surface area contributed by atoms with Gasteiger partial charge in [-0.25, -0.2) is 13.1 Å². The van der Waals surface area contributed by atoms with Gasteiger partial charge in [-0.1, -0.05) is 12.1 Å². The van der Waals surface area contributed by atoms with Crippen LogP contribution in [-0.2, 0) is 16.6 Å². The first kappa shape index (κ1) is 21.2. The number of hydrogen-bond acceptors (Lipinski definition) is 5. The van der Waals surface area contributed by atoms with Gasteiger partial charge in [-0.15, -0.1) is 11.8 Å². The van der Waals surface area contributed by atoms with Gasteiger partial charge in [-0.2, -0.15) is 0 Å². The maximum atomic E-state index is 12.1. The molecule has 0 unspecified atom stereocenters. The number of rotatable bonds is 8. The zero-order chi connectivity index (χ0) is 19.7. The van der Waals surface area contributed by atoms with Crippen LogP contribution in [0, 0.1) is 6.92 Å². The Hall–Kier alpha value is -2.10. The summed E-state index contributed by atoms with van der Waals surface area (Å²) in [5.41, 5.74) is 2.42. The van der Waals surface area contributed by atoms with Crippen molar-refractivity contribution in [3.63, 3.8) is 0 Å². The summed E-state index contributed by atoms with van der Waals surface area (Å²) in [6.45, 7) is 3.35. The number of nitrogens with one attached hydrogen (secondary N) is 3. The first-order valence-corrected chi connectivity index (χ1v) is 11.1. The van der Waals surface area contributed by atoms with E-state index in [0.29, 0.717) is 19.0 Å².